The highest BCUT2D eigenvalue weighted by molar-refractivity contribution is 6.30. The van der Waals surface area contributed by atoms with Gasteiger partial charge in [0.15, 0.2) is 0 Å². The lowest BCUT2D eigenvalue weighted by atomic mass is 10.0. The minimum absolute atomic E-state index is 0.207. The predicted molar refractivity (Wildman–Crippen MR) is 60.4 cm³/mol. The molecule has 81 valence electrons. The molecule has 0 unspecified atom stereocenters. The molecule has 2 aromatic carbocycles. The summed E-state index contributed by atoms with van der Waals surface area (Å²) >= 11 is 5.64. The Kier molecular flexibility index (Phi) is 2.92. The minimum atomic E-state index is -0.531. The van der Waals surface area contributed by atoms with Gasteiger partial charge >= 0.3 is 0 Å². The van der Waals surface area contributed by atoms with E-state index in [0.717, 1.165) is 5.56 Å². The molecule has 0 atom stereocenters. The SMILES string of the molecule is Cc1[c]cc(F)c(-c2ccc(Cl)cc2F)c1. The van der Waals surface area contributed by atoms with Gasteiger partial charge in [0.25, 0.3) is 0 Å². The summed E-state index contributed by atoms with van der Waals surface area (Å²) in [5.41, 5.74) is 1.19. The Morgan fingerprint density at radius 2 is 1.81 bits per heavy atom. The fraction of sp³-hybridized carbons (Fsp3) is 0.0769. The number of hydrogen-bond acceptors (Lipinski definition) is 0. The number of aryl methyl sites for hydroxylation is 1. The van der Waals surface area contributed by atoms with Gasteiger partial charge in [-0.05, 0) is 48.9 Å². The van der Waals surface area contributed by atoms with Crippen molar-refractivity contribution in [1.82, 2.24) is 0 Å². The molecule has 0 saturated heterocycles. The summed E-state index contributed by atoms with van der Waals surface area (Å²) in [6, 6.07) is 9.65. The van der Waals surface area contributed by atoms with Crippen molar-refractivity contribution >= 4 is 11.6 Å². The molecule has 0 bridgehead atoms. The monoisotopic (exact) mass is 237 g/mol. The van der Waals surface area contributed by atoms with Gasteiger partial charge in [0.2, 0.25) is 0 Å². The minimum Gasteiger partial charge on any atom is -0.206 e. The molecule has 3 heteroatoms. The van der Waals surface area contributed by atoms with Gasteiger partial charge in [0.05, 0.1) is 0 Å². The molecule has 0 saturated carbocycles. The van der Waals surface area contributed by atoms with Gasteiger partial charge in [-0.25, -0.2) is 8.78 Å². The number of halogens is 3. The molecule has 2 rings (SSSR count). The van der Waals surface area contributed by atoms with Gasteiger partial charge in [-0.2, -0.15) is 0 Å². The second kappa shape index (κ2) is 4.22. The fourth-order valence-corrected chi connectivity index (χ4v) is 1.66. The van der Waals surface area contributed by atoms with Crippen molar-refractivity contribution in [2.24, 2.45) is 0 Å². The van der Waals surface area contributed by atoms with Crippen LogP contribution in [0.5, 0.6) is 0 Å². The molecule has 0 fully saturated rings. The van der Waals surface area contributed by atoms with Crippen LogP contribution >= 0.6 is 11.6 Å². The summed E-state index contributed by atoms with van der Waals surface area (Å²) < 4.78 is 27.1. The first-order valence-corrected chi connectivity index (χ1v) is 5.09. The predicted octanol–water partition coefficient (Wildman–Crippen LogP) is 4.39. The maximum absolute atomic E-state index is 13.6. The standard InChI is InChI=1S/C13H8ClF2/c1-8-2-5-12(15)11(6-8)10-4-3-9(14)7-13(10)16/h3-7H,1H3. The molecule has 0 aliphatic rings. The van der Waals surface area contributed by atoms with Crippen LogP contribution in [-0.4, -0.2) is 0 Å². The highest BCUT2D eigenvalue weighted by atomic mass is 35.5. The van der Waals surface area contributed by atoms with Gasteiger partial charge in [-0.3, -0.25) is 0 Å². The van der Waals surface area contributed by atoms with Crippen LogP contribution in [0.3, 0.4) is 0 Å². The van der Waals surface area contributed by atoms with Gasteiger partial charge in [-0.1, -0.05) is 11.6 Å². The summed E-state index contributed by atoms with van der Waals surface area (Å²) in [6.45, 7) is 1.77. The second-order valence-corrected chi connectivity index (χ2v) is 3.94. The largest absolute Gasteiger partial charge is 0.206 e. The summed E-state index contributed by atoms with van der Waals surface area (Å²) in [5, 5.41) is 0.292. The van der Waals surface area contributed by atoms with E-state index in [0.29, 0.717) is 5.02 Å². The Morgan fingerprint density at radius 1 is 1.06 bits per heavy atom. The van der Waals surface area contributed by atoms with Gasteiger partial charge in [-0.15, -0.1) is 0 Å². The highest BCUT2D eigenvalue weighted by Gasteiger charge is 2.10. The van der Waals surface area contributed by atoms with E-state index < -0.39 is 11.6 Å². The topological polar surface area (TPSA) is 0 Å². The number of rotatable bonds is 1. The van der Waals surface area contributed by atoms with E-state index in [1.807, 2.05) is 0 Å². The zero-order valence-electron chi connectivity index (χ0n) is 8.52. The van der Waals surface area contributed by atoms with Gasteiger partial charge in [0, 0.05) is 16.1 Å². The smallest absolute Gasteiger partial charge is 0.132 e. The van der Waals surface area contributed by atoms with Crippen LogP contribution in [0.4, 0.5) is 8.78 Å². The summed E-state index contributed by atoms with van der Waals surface area (Å²) in [6.07, 6.45) is 0. The Balaban J connectivity index is 2.62. The molecule has 0 aromatic heterocycles. The van der Waals surface area contributed by atoms with Gasteiger partial charge in [0.1, 0.15) is 11.6 Å². The molecule has 0 spiro atoms. The zero-order chi connectivity index (χ0) is 11.7. The van der Waals surface area contributed by atoms with Crippen molar-refractivity contribution in [2.75, 3.05) is 0 Å². The molecular weight excluding hydrogens is 230 g/mol. The molecular formula is C13H8ClF2. The lowest BCUT2D eigenvalue weighted by Crippen LogP contribution is -1.89. The Bertz CT molecular complexity index is 535. The van der Waals surface area contributed by atoms with Crippen molar-refractivity contribution < 1.29 is 8.78 Å². The van der Waals surface area contributed by atoms with E-state index >= 15 is 0 Å². The second-order valence-electron chi connectivity index (χ2n) is 3.50. The average Bonchev–Trinajstić information content (AvgIpc) is 2.22. The lowest BCUT2D eigenvalue weighted by Gasteiger charge is -2.06. The van der Waals surface area contributed by atoms with Crippen LogP contribution in [0.1, 0.15) is 5.56 Å². The molecule has 2 aromatic rings. The zero-order valence-corrected chi connectivity index (χ0v) is 9.28. The maximum atomic E-state index is 13.6. The maximum Gasteiger partial charge on any atom is 0.132 e. The molecule has 0 amide bonds. The van der Waals surface area contributed by atoms with Crippen molar-refractivity contribution in [1.29, 1.82) is 0 Å². The van der Waals surface area contributed by atoms with Crippen molar-refractivity contribution in [3.8, 4) is 11.1 Å². The first-order chi connectivity index (χ1) is 7.58. The van der Waals surface area contributed by atoms with Crippen molar-refractivity contribution in [3.63, 3.8) is 0 Å². The molecule has 0 N–H and O–H groups in total. The van der Waals surface area contributed by atoms with Crippen LogP contribution in [0.15, 0.2) is 30.3 Å². The van der Waals surface area contributed by atoms with Gasteiger partial charge < -0.3 is 0 Å². The third-order valence-electron chi connectivity index (χ3n) is 2.27. The van der Waals surface area contributed by atoms with Crippen LogP contribution in [0.25, 0.3) is 11.1 Å². The van der Waals surface area contributed by atoms with Crippen LogP contribution in [0, 0.1) is 24.6 Å². The van der Waals surface area contributed by atoms with E-state index in [-0.39, 0.29) is 11.1 Å². The van der Waals surface area contributed by atoms with Crippen molar-refractivity contribution in [3.05, 3.63) is 58.6 Å². The number of hydrogen-bond donors (Lipinski definition) is 0. The average molecular weight is 238 g/mol. The van der Waals surface area contributed by atoms with E-state index in [1.54, 1.807) is 13.0 Å². The first kappa shape index (κ1) is 11.1. The molecule has 0 nitrogen and oxygen atoms in total. The molecule has 0 aliphatic carbocycles. The number of benzene rings is 2. The molecule has 0 aliphatic heterocycles. The third kappa shape index (κ3) is 2.07. The summed E-state index contributed by atoms with van der Waals surface area (Å²) in [4.78, 5) is 0. The lowest BCUT2D eigenvalue weighted by molar-refractivity contribution is 0.616. The van der Waals surface area contributed by atoms with E-state index in [4.69, 9.17) is 11.6 Å². The van der Waals surface area contributed by atoms with Crippen LogP contribution < -0.4 is 0 Å². The highest BCUT2D eigenvalue weighted by Crippen LogP contribution is 2.28. The third-order valence-corrected chi connectivity index (χ3v) is 2.50. The fourth-order valence-electron chi connectivity index (χ4n) is 1.50. The van der Waals surface area contributed by atoms with Crippen LogP contribution in [0.2, 0.25) is 5.02 Å². The Labute approximate surface area is 97.5 Å². The quantitative estimate of drug-likeness (QED) is 0.690. The van der Waals surface area contributed by atoms with E-state index in [2.05, 4.69) is 6.07 Å². The van der Waals surface area contributed by atoms with E-state index in [1.165, 1.54) is 24.3 Å². The molecule has 1 radical (unpaired) electrons. The normalized spacial score (nSPS) is 10.5. The van der Waals surface area contributed by atoms with Crippen molar-refractivity contribution in [2.45, 2.75) is 6.92 Å². The Morgan fingerprint density at radius 3 is 2.50 bits per heavy atom. The Hall–Kier alpha value is -1.41. The summed E-state index contributed by atoms with van der Waals surface area (Å²) in [7, 11) is 0. The molecule has 16 heavy (non-hydrogen) atoms. The summed E-state index contributed by atoms with van der Waals surface area (Å²) in [5.74, 6) is -1.02. The molecule has 0 heterocycles. The van der Waals surface area contributed by atoms with Crippen LogP contribution in [-0.2, 0) is 0 Å². The first-order valence-electron chi connectivity index (χ1n) is 4.71. The van der Waals surface area contributed by atoms with E-state index in [9.17, 15) is 8.78 Å².